The van der Waals surface area contributed by atoms with Crippen LogP contribution >= 0.6 is 0 Å². The molecule has 114 valence electrons. The van der Waals surface area contributed by atoms with E-state index in [0.29, 0.717) is 0 Å². The van der Waals surface area contributed by atoms with Gasteiger partial charge in [-0.3, -0.25) is 0 Å². The van der Waals surface area contributed by atoms with E-state index in [-0.39, 0.29) is 0 Å². The van der Waals surface area contributed by atoms with Crippen molar-refractivity contribution in [1.29, 1.82) is 0 Å². The second kappa shape index (κ2) is 4.93. The number of aromatic nitrogens is 2. The number of pyridine rings is 1. The Morgan fingerprint density at radius 3 is 2.42 bits per heavy atom. The molecule has 2 nitrogen and oxygen atoms in total. The van der Waals surface area contributed by atoms with Gasteiger partial charge in [-0.15, -0.1) is 0 Å². The summed E-state index contributed by atoms with van der Waals surface area (Å²) in [4.78, 5) is 0. The lowest BCUT2D eigenvalue weighted by Crippen LogP contribution is -1.95. The van der Waals surface area contributed by atoms with Gasteiger partial charge in [0.15, 0.2) is 0 Å². The molecule has 0 unspecified atom stereocenters. The maximum atomic E-state index is 4.89. The van der Waals surface area contributed by atoms with Gasteiger partial charge in [0, 0.05) is 16.3 Å². The van der Waals surface area contributed by atoms with Crippen molar-refractivity contribution in [2.75, 3.05) is 0 Å². The molecule has 0 atom stereocenters. The van der Waals surface area contributed by atoms with Crippen molar-refractivity contribution in [3.05, 3.63) is 84.4 Å². The fourth-order valence-electron chi connectivity index (χ4n) is 3.49. The van der Waals surface area contributed by atoms with E-state index < -0.39 is 0 Å². The van der Waals surface area contributed by atoms with E-state index in [1.165, 1.54) is 32.8 Å². The van der Waals surface area contributed by atoms with Crippen molar-refractivity contribution in [1.82, 2.24) is 9.61 Å². The van der Waals surface area contributed by atoms with Gasteiger partial charge in [0.2, 0.25) is 0 Å². The zero-order valence-electron chi connectivity index (χ0n) is 13.4. The highest BCUT2D eigenvalue weighted by molar-refractivity contribution is 6.11. The van der Waals surface area contributed by atoms with E-state index >= 15 is 0 Å². The average Bonchev–Trinajstić information content (AvgIpc) is 3.02. The van der Waals surface area contributed by atoms with Crippen LogP contribution in [0.1, 0.15) is 5.56 Å². The molecule has 0 spiro atoms. The molecule has 0 amide bonds. The van der Waals surface area contributed by atoms with E-state index in [0.717, 1.165) is 11.2 Å². The lowest BCUT2D eigenvalue weighted by atomic mass is 10.0. The minimum absolute atomic E-state index is 1.03. The summed E-state index contributed by atoms with van der Waals surface area (Å²) in [6.07, 6.45) is 0. The second-order valence-electron chi connectivity index (χ2n) is 6.26. The van der Waals surface area contributed by atoms with Crippen LogP contribution in [0.15, 0.2) is 78.9 Å². The molecule has 5 rings (SSSR count). The number of hydrogen-bond donors (Lipinski definition) is 0. The number of rotatable bonds is 1. The summed E-state index contributed by atoms with van der Waals surface area (Å²) in [5.74, 6) is 0. The molecular formula is C22H16N2. The standard InChI is InChI=1S/C22H16N2/c1-15-11-12-17-14-21(16-7-3-2-4-8-16)24-22(19(17)13-15)18-9-5-6-10-20(18)23-24/h2-14H,1H3. The van der Waals surface area contributed by atoms with Gasteiger partial charge in [0.25, 0.3) is 0 Å². The van der Waals surface area contributed by atoms with Crippen LogP contribution in [0.2, 0.25) is 0 Å². The van der Waals surface area contributed by atoms with Crippen molar-refractivity contribution in [3.63, 3.8) is 0 Å². The Kier molecular flexibility index (Phi) is 2.74. The summed E-state index contributed by atoms with van der Waals surface area (Å²) in [6, 6.07) is 27.7. The van der Waals surface area contributed by atoms with Crippen molar-refractivity contribution in [2.24, 2.45) is 0 Å². The van der Waals surface area contributed by atoms with Gasteiger partial charge in [0.05, 0.1) is 16.7 Å². The van der Waals surface area contributed by atoms with Crippen molar-refractivity contribution in [2.45, 2.75) is 6.92 Å². The quantitative estimate of drug-likeness (QED) is 0.393. The minimum atomic E-state index is 1.03. The van der Waals surface area contributed by atoms with Gasteiger partial charge in [-0.05, 0) is 30.5 Å². The normalized spacial score (nSPS) is 11.5. The van der Waals surface area contributed by atoms with Gasteiger partial charge in [-0.2, -0.15) is 5.10 Å². The summed E-state index contributed by atoms with van der Waals surface area (Å²) < 4.78 is 2.10. The molecule has 0 N–H and O–H groups in total. The van der Waals surface area contributed by atoms with E-state index in [4.69, 9.17) is 5.10 Å². The Labute approximate surface area is 140 Å². The molecule has 0 radical (unpaired) electrons. The molecule has 2 aromatic heterocycles. The number of hydrogen-bond acceptors (Lipinski definition) is 1. The Bertz CT molecular complexity index is 1200. The van der Waals surface area contributed by atoms with E-state index in [1.807, 2.05) is 12.1 Å². The first-order valence-electron chi connectivity index (χ1n) is 8.17. The predicted molar refractivity (Wildman–Crippen MR) is 100 cm³/mol. The fraction of sp³-hybridized carbons (Fsp3) is 0.0455. The van der Waals surface area contributed by atoms with Crippen LogP contribution in [0.25, 0.3) is 38.4 Å². The molecule has 0 bridgehead atoms. The van der Waals surface area contributed by atoms with E-state index in [9.17, 15) is 0 Å². The third-order valence-corrected chi connectivity index (χ3v) is 4.63. The number of fused-ring (bicyclic) bond motifs is 5. The van der Waals surface area contributed by atoms with Gasteiger partial charge in [-0.25, -0.2) is 4.52 Å². The Balaban J connectivity index is 2.05. The van der Waals surface area contributed by atoms with E-state index in [1.54, 1.807) is 0 Å². The third-order valence-electron chi connectivity index (χ3n) is 4.63. The second-order valence-corrected chi connectivity index (χ2v) is 6.26. The predicted octanol–water partition coefficient (Wildman–Crippen LogP) is 5.62. The number of benzene rings is 3. The maximum Gasteiger partial charge on any atom is 0.0934 e. The van der Waals surface area contributed by atoms with Crippen molar-refractivity contribution >= 4 is 27.2 Å². The van der Waals surface area contributed by atoms with Crippen molar-refractivity contribution in [3.8, 4) is 11.3 Å². The highest BCUT2D eigenvalue weighted by Gasteiger charge is 2.13. The zero-order chi connectivity index (χ0) is 16.1. The van der Waals surface area contributed by atoms with E-state index in [2.05, 4.69) is 78.2 Å². The third kappa shape index (κ3) is 1.86. The first-order valence-corrected chi connectivity index (χ1v) is 8.17. The molecule has 0 aliphatic carbocycles. The van der Waals surface area contributed by atoms with Gasteiger partial charge in [0.1, 0.15) is 0 Å². The largest absolute Gasteiger partial charge is 0.231 e. The van der Waals surface area contributed by atoms with Crippen LogP contribution in [-0.2, 0) is 0 Å². The van der Waals surface area contributed by atoms with Gasteiger partial charge >= 0.3 is 0 Å². The highest BCUT2D eigenvalue weighted by atomic mass is 15.2. The highest BCUT2D eigenvalue weighted by Crippen LogP contribution is 2.33. The SMILES string of the molecule is Cc1ccc2cc(-c3ccccc3)n3nc4ccccc4c3c2c1. The van der Waals surface area contributed by atoms with Crippen LogP contribution in [0.5, 0.6) is 0 Å². The van der Waals surface area contributed by atoms with Crippen molar-refractivity contribution < 1.29 is 0 Å². The molecule has 2 heteroatoms. The number of aryl methyl sites for hydroxylation is 1. The first-order chi connectivity index (χ1) is 11.8. The number of nitrogens with zero attached hydrogens (tertiary/aromatic N) is 2. The molecule has 0 saturated carbocycles. The Morgan fingerprint density at radius 1 is 0.750 bits per heavy atom. The molecule has 0 aliphatic heterocycles. The Morgan fingerprint density at radius 2 is 1.54 bits per heavy atom. The summed E-state index contributed by atoms with van der Waals surface area (Å²) >= 11 is 0. The molecule has 0 saturated heterocycles. The van der Waals surface area contributed by atoms with Gasteiger partial charge < -0.3 is 0 Å². The average molecular weight is 308 g/mol. The van der Waals surface area contributed by atoms with Crippen LogP contribution in [-0.4, -0.2) is 9.61 Å². The lowest BCUT2D eigenvalue weighted by Gasteiger charge is -2.09. The molecule has 24 heavy (non-hydrogen) atoms. The van der Waals surface area contributed by atoms with Crippen LogP contribution < -0.4 is 0 Å². The molecule has 2 heterocycles. The zero-order valence-corrected chi connectivity index (χ0v) is 13.4. The van der Waals surface area contributed by atoms with Crippen LogP contribution in [0.3, 0.4) is 0 Å². The molecule has 5 aromatic rings. The van der Waals surface area contributed by atoms with Gasteiger partial charge in [-0.1, -0.05) is 66.2 Å². The topological polar surface area (TPSA) is 17.3 Å². The van der Waals surface area contributed by atoms with Crippen LogP contribution in [0.4, 0.5) is 0 Å². The fourth-order valence-corrected chi connectivity index (χ4v) is 3.49. The monoisotopic (exact) mass is 308 g/mol. The maximum absolute atomic E-state index is 4.89. The summed E-state index contributed by atoms with van der Waals surface area (Å²) in [6.45, 7) is 2.14. The first kappa shape index (κ1) is 13.3. The minimum Gasteiger partial charge on any atom is -0.231 e. The smallest absolute Gasteiger partial charge is 0.0934 e. The molecule has 0 aliphatic rings. The summed E-state index contributed by atoms with van der Waals surface area (Å²) in [5.41, 5.74) is 5.78. The molecule has 3 aromatic carbocycles. The van der Waals surface area contributed by atoms with Crippen LogP contribution in [0, 0.1) is 6.92 Å². The Hall–Kier alpha value is -3.13. The molecule has 0 fully saturated rings. The lowest BCUT2D eigenvalue weighted by molar-refractivity contribution is 0.996. The molecular weight excluding hydrogens is 292 g/mol. The summed E-state index contributed by atoms with van der Waals surface area (Å²) in [7, 11) is 0. The summed E-state index contributed by atoms with van der Waals surface area (Å²) in [5, 5.41) is 8.59.